The van der Waals surface area contributed by atoms with Crippen LogP contribution in [0.3, 0.4) is 0 Å². The first-order valence-corrected chi connectivity index (χ1v) is 3.73. The van der Waals surface area contributed by atoms with Crippen molar-refractivity contribution in [2.24, 2.45) is 5.16 Å². The van der Waals surface area contributed by atoms with Gasteiger partial charge in [0.1, 0.15) is 0 Å². The summed E-state index contributed by atoms with van der Waals surface area (Å²) < 4.78 is 0. The fourth-order valence-electron chi connectivity index (χ4n) is 0.805. The molecule has 4 heteroatoms. The molecule has 1 aromatic carbocycles. The Hall–Kier alpha value is -1.06. The molecule has 0 bridgehead atoms. The van der Waals surface area contributed by atoms with Crippen LogP contribution in [0.25, 0.3) is 0 Å². The van der Waals surface area contributed by atoms with Gasteiger partial charge in [0.05, 0.1) is 6.61 Å². The second kappa shape index (κ2) is 4.09. The molecule has 3 nitrogen and oxygen atoms in total. The van der Waals surface area contributed by atoms with E-state index in [9.17, 15) is 0 Å². The van der Waals surface area contributed by atoms with Crippen LogP contribution in [0.15, 0.2) is 29.4 Å². The van der Waals surface area contributed by atoms with Gasteiger partial charge < -0.3 is 10.3 Å². The number of aliphatic hydroxyl groups excluding tert-OH is 1. The van der Waals surface area contributed by atoms with Crippen molar-refractivity contribution < 1.29 is 10.3 Å². The second-order valence-corrected chi connectivity index (χ2v) is 2.60. The number of hydrogen-bond acceptors (Lipinski definition) is 3. The standard InChI is InChI=1S/C8H8ClNO2/c9-8(10-12)7-3-1-6(5-11)2-4-7/h1-4,11-12H,5H2/b10-8-. The van der Waals surface area contributed by atoms with E-state index in [1.165, 1.54) is 0 Å². The second-order valence-electron chi connectivity index (χ2n) is 2.25. The predicted molar refractivity (Wildman–Crippen MR) is 46.5 cm³/mol. The van der Waals surface area contributed by atoms with Crippen molar-refractivity contribution in [3.8, 4) is 0 Å². The summed E-state index contributed by atoms with van der Waals surface area (Å²) in [4.78, 5) is 0. The van der Waals surface area contributed by atoms with Crippen molar-refractivity contribution in [2.45, 2.75) is 6.61 Å². The average molecular weight is 186 g/mol. The Morgan fingerprint density at radius 1 is 1.33 bits per heavy atom. The van der Waals surface area contributed by atoms with E-state index in [0.29, 0.717) is 5.56 Å². The van der Waals surface area contributed by atoms with Crippen molar-refractivity contribution >= 4 is 16.8 Å². The van der Waals surface area contributed by atoms with Crippen LogP contribution in [0.4, 0.5) is 0 Å². The van der Waals surface area contributed by atoms with Crippen LogP contribution in [-0.2, 0) is 6.61 Å². The number of halogens is 1. The number of nitrogens with zero attached hydrogens (tertiary/aromatic N) is 1. The minimum absolute atomic E-state index is 0.00579. The normalized spacial score (nSPS) is 11.7. The molecule has 0 saturated carbocycles. The lowest BCUT2D eigenvalue weighted by atomic mass is 10.1. The number of benzene rings is 1. The molecular weight excluding hydrogens is 178 g/mol. The maximum Gasteiger partial charge on any atom is 0.175 e. The maximum atomic E-state index is 8.71. The Bertz CT molecular complexity index is 282. The van der Waals surface area contributed by atoms with E-state index < -0.39 is 0 Å². The summed E-state index contributed by atoms with van der Waals surface area (Å²) in [5, 5.41) is 19.9. The molecule has 0 heterocycles. The van der Waals surface area contributed by atoms with Crippen molar-refractivity contribution in [1.82, 2.24) is 0 Å². The van der Waals surface area contributed by atoms with Crippen LogP contribution in [0.1, 0.15) is 11.1 Å². The molecule has 0 fully saturated rings. The van der Waals surface area contributed by atoms with E-state index in [0.717, 1.165) is 5.56 Å². The van der Waals surface area contributed by atoms with E-state index in [4.69, 9.17) is 21.9 Å². The molecule has 0 aliphatic rings. The van der Waals surface area contributed by atoms with Crippen molar-refractivity contribution in [3.05, 3.63) is 35.4 Å². The average Bonchev–Trinajstić information content (AvgIpc) is 2.17. The Balaban J connectivity index is 2.92. The van der Waals surface area contributed by atoms with E-state index in [1.54, 1.807) is 24.3 Å². The zero-order chi connectivity index (χ0) is 8.97. The number of hydrogen-bond donors (Lipinski definition) is 2. The molecular formula is C8H8ClNO2. The molecule has 2 N–H and O–H groups in total. The summed E-state index contributed by atoms with van der Waals surface area (Å²) in [6.07, 6.45) is 0. The van der Waals surface area contributed by atoms with Gasteiger partial charge in [0.25, 0.3) is 0 Å². The van der Waals surface area contributed by atoms with Gasteiger partial charge in [-0.1, -0.05) is 41.0 Å². The minimum Gasteiger partial charge on any atom is -0.410 e. The van der Waals surface area contributed by atoms with Gasteiger partial charge >= 0.3 is 0 Å². The third-order valence-electron chi connectivity index (χ3n) is 1.46. The van der Waals surface area contributed by atoms with Gasteiger partial charge in [-0.25, -0.2) is 0 Å². The van der Waals surface area contributed by atoms with E-state index in [-0.39, 0.29) is 11.8 Å². The highest BCUT2D eigenvalue weighted by Gasteiger charge is 1.98. The van der Waals surface area contributed by atoms with Crippen LogP contribution in [-0.4, -0.2) is 15.5 Å². The zero-order valence-electron chi connectivity index (χ0n) is 6.24. The van der Waals surface area contributed by atoms with Crippen molar-refractivity contribution in [2.75, 3.05) is 0 Å². The van der Waals surface area contributed by atoms with E-state index >= 15 is 0 Å². The largest absolute Gasteiger partial charge is 0.410 e. The van der Waals surface area contributed by atoms with Crippen LogP contribution >= 0.6 is 11.6 Å². The molecule has 0 amide bonds. The van der Waals surface area contributed by atoms with Gasteiger partial charge in [-0.15, -0.1) is 0 Å². The lowest BCUT2D eigenvalue weighted by Crippen LogP contribution is -1.91. The third-order valence-corrected chi connectivity index (χ3v) is 1.76. The lowest BCUT2D eigenvalue weighted by Gasteiger charge is -1.97. The Labute approximate surface area is 74.9 Å². The molecule has 12 heavy (non-hydrogen) atoms. The quantitative estimate of drug-likeness (QED) is 0.417. The summed E-state index contributed by atoms with van der Waals surface area (Å²) in [6.45, 7) is -0.00579. The molecule has 0 aliphatic carbocycles. The van der Waals surface area contributed by atoms with Gasteiger partial charge in [-0.3, -0.25) is 0 Å². The highest BCUT2D eigenvalue weighted by Crippen LogP contribution is 2.07. The topological polar surface area (TPSA) is 52.8 Å². The van der Waals surface area contributed by atoms with Gasteiger partial charge in [-0.05, 0) is 5.56 Å². The van der Waals surface area contributed by atoms with Crippen LogP contribution < -0.4 is 0 Å². The summed E-state index contributed by atoms with van der Waals surface area (Å²) in [5.41, 5.74) is 1.41. The molecule has 0 aliphatic heterocycles. The fourth-order valence-corrected chi connectivity index (χ4v) is 0.931. The van der Waals surface area contributed by atoms with Crippen molar-refractivity contribution in [3.63, 3.8) is 0 Å². The van der Waals surface area contributed by atoms with Crippen LogP contribution in [0, 0.1) is 0 Å². The minimum atomic E-state index is -0.00579. The maximum absolute atomic E-state index is 8.71. The Kier molecular flexibility index (Phi) is 3.08. The predicted octanol–water partition coefficient (Wildman–Crippen LogP) is 1.55. The lowest BCUT2D eigenvalue weighted by molar-refractivity contribution is 0.282. The monoisotopic (exact) mass is 185 g/mol. The molecule has 64 valence electrons. The summed E-state index contributed by atoms with van der Waals surface area (Å²) in [7, 11) is 0. The zero-order valence-corrected chi connectivity index (χ0v) is 6.99. The van der Waals surface area contributed by atoms with E-state index in [1.807, 2.05) is 0 Å². The third kappa shape index (κ3) is 1.96. The van der Waals surface area contributed by atoms with Crippen molar-refractivity contribution in [1.29, 1.82) is 0 Å². The summed E-state index contributed by atoms with van der Waals surface area (Å²) in [6, 6.07) is 6.77. The van der Waals surface area contributed by atoms with Crippen LogP contribution in [0.2, 0.25) is 0 Å². The molecule has 0 radical (unpaired) electrons. The first-order valence-electron chi connectivity index (χ1n) is 3.35. The van der Waals surface area contributed by atoms with Gasteiger partial charge in [0.15, 0.2) is 5.17 Å². The Morgan fingerprint density at radius 2 is 1.92 bits per heavy atom. The smallest absolute Gasteiger partial charge is 0.175 e. The Morgan fingerprint density at radius 3 is 2.33 bits per heavy atom. The first-order chi connectivity index (χ1) is 5.77. The molecule has 0 aromatic heterocycles. The summed E-state index contributed by atoms with van der Waals surface area (Å²) >= 11 is 5.52. The van der Waals surface area contributed by atoms with Gasteiger partial charge in [0, 0.05) is 5.56 Å². The molecule has 0 saturated heterocycles. The molecule has 0 atom stereocenters. The fraction of sp³-hybridized carbons (Fsp3) is 0.125. The molecule has 0 spiro atoms. The van der Waals surface area contributed by atoms with Gasteiger partial charge in [0.2, 0.25) is 0 Å². The number of rotatable bonds is 2. The number of oxime groups is 1. The molecule has 1 rings (SSSR count). The summed E-state index contributed by atoms with van der Waals surface area (Å²) in [5.74, 6) is 0. The SMILES string of the molecule is OCc1ccc(/C(Cl)=N/O)cc1. The highest BCUT2D eigenvalue weighted by molar-refractivity contribution is 6.69. The highest BCUT2D eigenvalue weighted by atomic mass is 35.5. The van der Waals surface area contributed by atoms with Gasteiger partial charge in [-0.2, -0.15) is 0 Å². The molecule has 1 aromatic rings. The van der Waals surface area contributed by atoms with E-state index in [2.05, 4.69) is 5.16 Å². The molecule has 0 unspecified atom stereocenters. The number of aliphatic hydroxyl groups is 1. The van der Waals surface area contributed by atoms with Crippen LogP contribution in [0.5, 0.6) is 0 Å². The first kappa shape index (κ1) is 9.03.